The summed E-state index contributed by atoms with van der Waals surface area (Å²) in [4.78, 5) is 14.0. The molecule has 3 N–H and O–H groups in total. The van der Waals surface area contributed by atoms with Crippen LogP contribution in [-0.2, 0) is 4.79 Å². The molecule has 4 nitrogen and oxygen atoms in total. The van der Waals surface area contributed by atoms with Gasteiger partial charge in [-0.05, 0) is 50.9 Å². The van der Waals surface area contributed by atoms with Crippen LogP contribution in [0.15, 0.2) is 22.7 Å². The topological polar surface area (TPSA) is 58.4 Å². The Bertz CT molecular complexity index is 504. The van der Waals surface area contributed by atoms with E-state index in [-0.39, 0.29) is 18.1 Å². The van der Waals surface area contributed by atoms with Crippen LogP contribution in [0.3, 0.4) is 0 Å². The molecular formula is C15H21BrFN3O. The Labute approximate surface area is 133 Å². The zero-order valence-electron chi connectivity index (χ0n) is 12.1. The number of likely N-dealkylation sites (N-methyl/N-ethyl adjacent to an activating group) is 1. The van der Waals surface area contributed by atoms with Crippen LogP contribution in [0.1, 0.15) is 25.7 Å². The molecule has 0 spiro atoms. The molecule has 1 aromatic rings. The van der Waals surface area contributed by atoms with Gasteiger partial charge in [-0.15, -0.1) is 0 Å². The fourth-order valence-electron chi connectivity index (χ4n) is 2.68. The van der Waals surface area contributed by atoms with Crippen LogP contribution in [-0.4, -0.2) is 36.5 Å². The third-order valence-corrected chi connectivity index (χ3v) is 4.46. The molecule has 0 heterocycles. The number of nitrogens with zero attached hydrogens (tertiary/aromatic N) is 1. The van der Waals surface area contributed by atoms with Gasteiger partial charge < -0.3 is 11.1 Å². The van der Waals surface area contributed by atoms with Gasteiger partial charge in [-0.3, -0.25) is 9.69 Å². The second-order valence-electron chi connectivity index (χ2n) is 5.66. The summed E-state index contributed by atoms with van der Waals surface area (Å²) in [6.45, 7) is 0.259. The number of carbonyl (C=O) groups excluding carboxylic acids is 1. The van der Waals surface area contributed by atoms with Crippen molar-refractivity contribution in [2.45, 2.75) is 37.8 Å². The second kappa shape index (κ2) is 7.33. The number of amides is 1. The van der Waals surface area contributed by atoms with Crippen molar-refractivity contribution in [2.24, 2.45) is 5.73 Å². The molecule has 21 heavy (non-hydrogen) atoms. The van der Waals surface area contributed by atoms with Crippen LogP contribution >= 0.6 is 15.9 Å². The first-order valence-corrected chi connectivity index (χ1v) is 7.95. The largest absolute Gasteiger partial charge is 0.328 e. The van der Waals surface area contributed by atoms with Gasteiger partial charge in [0.2, 0.25) is 5.91 Å². The number of nitrogens with two attached hydrogens (primary N) is 1. The van der Waals surface area contributed by atoms with E-state index in [1.807, 2.05) is 11.9 Å². The van der Waals surface area contributed by atoms with Gasteiger partial charge >= 0.3 is 0 Å². The summed E-state index contributed by atoms with van der Waals surface area (Å²) in [7, 11) is 1.93. The smallest absolute Gasteiger partial charge is 0.238 e. The van der Waals surface area contributed by atoms with Crippen LogP contribution < -0.4 is 11.1 Å². The van der Waals surface area contributed by atoms with E-state index in [9.17, 15) is 9.18 Å². The van der Waals surface area contributed by atoms with Gasteiger partial charge in [-0.2, -0.15) is 0 Å². The van der Waals surface area contributed by atoms with E-state index in [4.69, 9.17) is 5.73 Å². The maximum atomic E-state index is 13.7. The van der Waals surface area contributed by atoms with E-state index < -0.39 is 5.82 Å². The van der Waals surface area contributed by atoms with E-state index in [0.717, 1.165) is 25.7 Å². The Kier molecular flexibility index (Phi) is 5.72. The van der Waals surface area contributed by atoms with Crippen LogP contribution in [0, 0.1) is 5.82 Å². The van der Waals surface area contributed by atoms with E-state index in [1.54, 1.807) is 12.1 Å². The molecule has 0 unspecified atom stereocenters. The van der Waals surface area contributed by atoms with Gasteiger partial charge in [0, 0.05) is 16.6 Å². The van der Waals surface area contributed by atoms with Crippen molar-refractivity contribution >= 4 is 27.5 Å². The highest BCUT2D eigenvalue weighted by atomic mass is 79.9. The summed E-state index contributed by atoms with van der Waals surface area (Å²) < 4.78 is 14.3. The van der Waals surface area contributed by atoms with E-state index >= 15 is 0 Å². The predicted molar refractivity (Wildman–Crippen MR) is 85.6 cm³/mol. The number of anilines is 1. The van der Waals surface area contributed by atoms with E-state index in [1.165, 1.54) is 6.07 Å². The van der Waals surface area contributed by atoms with Crippen LogP contribution in [0.2, 0.25) is 0 Å². The molecule has 116 valence electrons. The number of benzene rings is 1. The van der Waals surface area contributed by atoms with Gasteiger partial charge in [-0.25, -0.2) is 4.39 Å². The Balaban J connectivity index is 1.86. The molecule has 0 atom stereocenters. The standard InChI is InChI=1S/C15H21BrFN3O/c1-20(12-5-3-11(18)4-6-12)9-15(21)19-14-7-2-10(16)8-13(14)17/h2,7-8,11-12H,3-6,9,18H2,1H3,(H,19,21). The molecule has 0 bridgehead atoms. The number of hydrogen-bond donors (Lipinski definition) is 2. The molecule has 1 saturated carbocycles. The van der Waals surface area contributed by atoms with Crippen molar-refractivity contribution in [1.82, 2.24) is 4.90 Å². The summed E-state index contributed by atoms with van der Waals surface area (Å²) in [5.41, 5.74) is 6.10. The second-order valence-corrected chi connectivity index (χ2v) is 6.57. The van der Waals surface area contributed by atoms with Crippen molar-refractivity contribution in [3.8, 4) is 0 Å². The average Bonchev–Trinajstić information content (AvgIpc) is 2.42. The Morgan fingerprint density at radius 3 is 2.71 bits per heavy atom. The number of rotatable bonds is 4. The van der Waals surface area contributed by atoms with E-state index in [0.29, 0.717) is 16.6 Å². The minimum absolute atomic E-state index is 0.200. The predicted octanol–water partition coefficient (Wildman–Crippen LogP) is 2.73. The highest BCUT2D eigenvalue weighted by Gasteiger charge is 2.23. The first kappa shape index (κ1) is 16.4. The molecular weight excluding hydrogens is 337 g/mol. The van der Waals surface area contributed by atoms with Crippen LogP contribution in [0.4, 0.5) is 10.1 Å². The highest BCUT2D eigenvalue weighted by molar-refractivity contribution is 9.10. The lowest BCUT2D eigenvalue weighted by Gasteiger charge is -2.33. The van der Waals surface area contributed by atoms with Gasteiger partial charge in [0.15, 0.2) is 0 Å². The first-order valence-electron chi connectivity index (χ1n) is 7.16. The van der Waals surface area contributed by atoms with Crippen molar-refractivity contribution in [3.63, 3.8) is 0 Å². The SMILES string of the molecule is CN(CC(=O)Nc1ccc(Br)cc1F)C1CCC(N)CC1. The zero-order valence-corrected chi connectivity index (χ0v) is 13.7. The Morgan fingerprint density at radius 2 is 2.10 bits per heavy atom. The van der Waals surface area contributed by atoms with Crippen molar-refractivity contribution < 1.29 is 9.18 Å². The van der Waals surface area contributed by atoms with Crippen molar-refractivity contribution in [1.29, 1.82) is 0 Å². The lowest BCUT2D eigenvalue weighted by Crippen LogP contribution is -2.42. The molecule has 0 radical (unpaired) electrons. The summed E-state index contributed by atoms with van der Waals surface area (Å²) in [5.74, 6) is -0.641. The quantitative estimate of drug-likeness (QED) is 0.870. The van der Waals surface area contributed by atoms with Gasteiger partial charge in [-0.1, -0.05) is 15.9 Å². The first-order chi connectivity index (χ1) is 9.95. The highest BCUT2D eigenvalue weighted by Crippen LogP contribution is 2.22. The summed E-state index contributed by atoms with van der Waals surface area (Å²) in [6.07, 6.45) is 4.02. The molecule has 0 aliphatic heterocycles. The molecule has 1 aliphatic rings. The molecule has 0 saturated heterocycles. The Morgan fingerprint density at radius 1 is 1.43 bits per heavy atom. The molecule has 2 rings (SSSR count). The molecule has 0 aromatic heterocycles. The van der Waals surface area contributed by atoms with Gasteiger partial charge in [0.1, 0.15) is 5.82 Å². The van der Waals surface area contributed by atoms with Gasteiger partial charge in [0.25, 0.3) is 0 Å². The number of nitrogens with one attached hydrogen (secondary N) is 1. The third-order valence-electron chi connectivity index (χ3n) is 3.96. The molecule has 1 fully saturated rings. The normalized spacial score (nSPS) is 22.3. The minimum atomic E-state index is -0.441. The zero-order chi connectivity index (χ0) is 15.4. The molecule has 1 amide bonds. The molecule has 1 aliphatic carbocycles. The molecule has 1 aromatic carbocycles. The van der Waals surface area contributed by atoms with Crippen LogP contribution in [0.5, 0.6) is 0 Å². The van der Waals surface area contributed by atoms with E-state index in [2.05, 4.69) is 21.2 Å². The number of carbonyl (C=O) groups is 1. The summed E-state index contributed by atoms with van der Waals surface area (Å²) in [6, 6.07) is 5.26. The van der Waals surface area contributed by atoms with Crippen molar-refractivity contribution in [3.05, 3.63) is 28.5 Å². The summed E-state index contributed by atoms with van der Waals surface area (Å²) in [5, 5.41) is 2.62. The monoisotopic (exact) mass is 357 g/mol. The fraction of sp³-hybridized carbons (Fsp3) is 0.533. The number of hydrogen-bond acceptors (Lipinski definition) is 3. The maximum Gasteiger partial charge on any atom is 0.238 e. The molecule has 6 heteroatoms. The van der Waals surface area contributed by atoms with Gasteiger partial charge in [0.05, 0.1) is 12.2 Å². The average molecular weight is 358 g/mol. The Hall–Kier alpha value is -0.980. The van der Waals surface area contributed by atoms with Crippen molar-refractivity contribution in [2.75, 3.05) is 18.9 Å². The third kappa shape index (κ3) is 4.76. The summed E-state index contributed by atoms with van der Waals surface area (Å²) >= 11 is 3.19. The lowest BCUT2D eigenvalue weighted by molar-refractivity contribution is -0.117. The maximum absolute atomic E-state index is 13.7. The fourth-order valence-corrected chi connectivity index (χ4v) is 3.01. The number of halogens is 2. The lowest BCUT2D eigenvalue weighted by atomic mass is 9.91. The van der Waals surface area contributed by atoms with Crippen LogP contribution in [0.25, 0.3) is 0 Å². The minimum Gasteiger partial charge on any atom is -0.328 e.